The van der Waals surface area contributed by atoms with Crippen LogP contribution in [0.2, 0.25) is 5.02 Å². The number of carbonyl (C=O) groups is 2. The maximum Gasteiger partial charge on any atom is 0.274 e. The summed E-state index contributed by atoms with van der Waals surface area (Å²) in [4.78, 5) is 34.8. The lowest BCUT2D eigenvalue weighted by molar-refractivity contribution is -0.119. The van der Waals surface area contributed by atoms with Gasteiger partial charge in [-0.1, -0.05) is 17.7 Å². The van der Waals surface area contributed by atoms with Crippen LogP contribution in [0.3, 0.4) is 0 Å². The zero-order chi connectivity index (χ0) is 16.9. The molecular formula is C16H16ClN5O2. The van der Waals surface area contributed by atoms with E-state index in [0.29, 0.717) is 37.0 Å². The van der Waals surface area contributed by atoms with Crippen molar-refractivity contribution in [2.45, 2.75) is 0 Å². The molecule has 2 amide bonds. The van der Waals surface area contributed by atoms with E-state index < -0.39 is 0 Å². The minimum absolute atomic E-state index is 0.178. The first-order valence-electron chi connectivity index (χ1n) is 7.49. The molecule has 0 aliphatic carbocycles. The standard InChI is InChI=1S/C16H16ClN5O2/c17-12-2-1-3-13(8-12)20-15-10-18-14(9-19-15)16(24)22-6-4-21(11-23)5-7-22/h1-3,8-11H,4-7H2,(H,19,20). The lowest BCUT2D eigenvalue weighted by Gasteiger charge is -2.32. The summed E-state index contributed by atoms with van der Waals surface area (Å²) in [5.74, 6) is 0.349. The van der Waals surface area contributed by atoms with E-state index in [9.17, 15) is 9.59 Å². The van der Waals surface area contributed by atoms with E-state index in [-0.39, 0.29) is 11.6 Å². The van der Waals surface area contributed by atoms with Crippen molar-refractivity contribution in [3.63, 3.8) is 0 Å². The lowest BCUT2D eigenvalue weighted by atomic mass is 10.3. The van der Waals surface area contributed by atoms with E-state index in [0.717, 1.165) is 12.1 Å². The van der Waals surface area contributed by atoms with Crippen LogP contribution in [0.5, 0.6) is 0 Å². The Morgan fingerprint density at radius 3 is 2.58 bits per heavy atom. The molecule has 8 heteroatoms. The fraction of sp³-hybridized carbons (Fsp3) is 0.250. The predicted molar refractivity (Wildman–Crippen MR) is 90.3 cm³/mol. The summed E-state index contributed by atoms with van der Waals surface area (Å²) in [6.07, 6.45) is 3.76. The molecule has 1 saturated heterocycles. The monoisotopic (exact) mass is 345 g/mol. The van der Waals surface area contributed by atoms with E-state index in [1.54, 1.807) is 21.9 Å². The van der Waals surface area contributed by atoms with Crippen LogP contribution in [-0.2, 0) is 4.79 Å². The second kappa shape index (κ2) is 7.27. The Hall–Kier alpha value is -2.67. The van der Waals surface area contributed by atoms with Crippen molar-refractivity contribution < 1.29 is 9.59 Å². The second-order valence-corrected chi connectivity index (χ2v) is 5.79. The SMILES string of the molecule is O=CN1CCN(C(=O)c2cnc(Nc3cccc(Cl)c3)cn2)CC1. The van der Waals surface area contributed by atoms with Gasteiger partial charge in [0.2, 0.25) is 6.41 Å². The number of nitrogens with zero attached hydrogens (tertiary/aromatic N) is 4. The van der Waals surface area contributed by atoms with Crippen molar-refractivity contribution in [1.29, 1.82) is 0 Å². The first kappa shape index (κ1) is 16.2. The first-order valence-corrected chi connectivity index (χ1v) is 7.87. The van der Waals surface area contributed by atoms with Crippen LogP contribution in [0.15, 0.2) is 36.7 Å². The van der Waals surface area contributed by atoms with Gasteiger partial charge >= 0.3 is 0 Å². The highest BCUT2D eigenvalue weighted by Gasteiger charge is 2.22. The molecule has 2 heterocycles. The first-order chi connectivity index (χ1) is 11.7. The van der Waals surface area contributed by atoms with Crippen LogP contribution in [0.4, 0.5) is 11.5 Å². The Labute approximate surface area is 144 Å². The number of hydrogen-bond acceptors (Lipinski definition) is 5. The third-order valence-electron chi connectivity index (χ3n) is 3.72. The summed E-state index contributed by atoms with van der Waals surface area (Å²) >= 11 is 5.93. The Bertz CT molecular complexity index is 730. The number of hydrogen-bond donors (Lipinski definition) is 1. The van der Waals surface area contributed by atoms with Gasteiger partial charge in [-0.3, -0.25) is 9.59 Å². The molecule has 0 radical (unpaired) electrons. The lowest BCUT2D eigenvalue weighted by Crippen LogP contribution is -2.48. The van der Waals surface area contributed by atoms with Crippen molar-refractivity contribution in [2.24, 2.45) is 0 Å². The Morgan fingerprint density at radius 1 is 1.17 bits per heavy atom. The van der Waals surface area contributed by atoms with Gasteiger partial charge in [0.05, 0.1) is 12.4 Å². The number of carbonyl (C=O) groups excluding carboxylic acids is 2. The largest absolute Gasteiger partial charge is 0.342 e. The number of piperazine rings is 1. The van der Waals surface area contributed by atoms with E-state index >= 15 is 0 Å². The van der Waals surface area contributed by atoms with Crippen LogP contribution >= 0.6 is 11.6 Å². The third kappa shape index (κ3) is 3.80. The Morgan fingerprint density at radius 2 is 1.96 bits per heavy atom. The molecule has 0 atom stereocenters. The molecule has 3 rings (SSSR count). The van der Waals surface area contributed by atoms with Gasteiger partial charge in [0.1, 0.15) is 11.5 Å². The summed E-state index contributed by atoms with van der Waals surface area (Å²) < 4.78 is 0. The normalized spacial score (nSPS) is 14.4. The van der Waals surface area contributed by atoms with Gasteiger partial charge < -0.3 is 15.1 Å². The van der Waals surface area contributed by atoms with E-state index in [4.69, 9.17) is 11.6 Å². The Balaban J connectivity index is 1.64. The highest BCUT2D eigenvalue weighted by Crippen LogP contribution is 2.18. The van der Waals surface area contributed by atoms with Crippen molar-refractivity contribution in [3.05, 3.63) is 47.4 Å². The van der Waals surface area contributed by atoms with Crippen LogP contribution in [0.25, 0.3) is 0 Å². The fourth-order valence-electron chi connectivity index (χ4n) is 2.41. The number of halogens is 1. The van der Waals surface area contributed by atoms with Crippen molar-refractivity contribution >= 4 is 35.4 Å². The molecule has 0 bridgehead atoms. The highest BCUT2D eigenvalue weighted by atomic mass is 35.5. The smallest absolute Gasteiger partial charge is 0.274 e. The fourth-order valence-corrected chi connectivity index (χ4v) is 2.60. The zero-order valence-electron chi connectivity index (χ0n) is 12.9. The number of rotatable bonds is 4. The molecule has 1 aromatic carbocycles. The summed E-state index contributed by atoms with van der Waals surface area (Å²) in [5.41, 5.74) is 1.08. The van der Waals surface area contributed by atoms with Gasteiger partial charge in [0, 0.05) is 36.9 Å². The maximum atomic E-state index is 12.4. The molecule has 1 aliphatic heterocycles. The van der Waals surface area contributed by atoms with Crippen LogP contribution in [0, 0.1) is 0 Å². The third-order valence-corrected chi connectivity index (χ3v) is 3.95. The van der Waals surface area contributed by atoms with Gasteiger partial charge in [-0.2, -0.15) is 0 Å². The summed E-state index contributed by atoms with van der Waals surface area (Å²) in [5, 5.41) is 3.69. The topological polar surface area (TPSA) is 78.4 Å². The predicted octanol–water partition coefficient (Wildman–Crippen LogP) is 1.79. The zero-order valence-corrected chi connectivity index (χ0v) is 13.6. The van der Waals surface area contributed by atoms with Crippen LogP contribution in [0.1, 0.15) is 10.5 Å². The van der Waals surface area contributed by atoms with Gasteiger partial charge in [0.15, 0.2) is 0 Å². The number of amides is 2. The minimum atomic E-state index is -0.178. The van der Waals surface area contributed by atoms with Crippen molar-refractivity contribution in [1.82, 2.24) is 19.8 Å². The maximum absolute atomic E-state index is 12.4. The Kier molecular flexibility index (Phi) is 4.90. The molecule has 0 saturated carbocycles. The summed E-state index contributed by atoms with van der Waals surface area (Å²) in [6, 6.07) is 7.24. The van der Waals surface area contributed by atoms with Gasteiger partial charge in [-0.05, 0) is 18.2 Å². The number of nitrogens with one attached hydrogen (secondary N) is 1. The molecule has 7 nitrogen and oxygen atoms in total. The quantitative estimate of drug-likeness (QED) is 0.855. The van der Waals surface area contributed by atoms with Crippen LogP contribution < -0.4 is 5.32 Å². The van der Waals surface area contributed by atoms with Gasteiger partial charge in [-0.25, -0.2) is 9.97 Å². The van der Waals surface area contributed by atoms with Crippen molar-refractivity contribution in [3.8, 4) is 0 Å². The molecule has 2 aromatic rings. The average Bonchev–Trinajstić information content (AvgIpc) is 2.62. The van der Waals surface area contributed by atoms with Gasteiger partial charge in [0.25, 0.3) is 5.91 Å². The van der Waals surface area contributed by atoms with Crippen LogP contribution in [-0.4, -0.2) is 58.3 Å². The highest BCUT2D eigenvalue weighted by molar-refractivity contribution is 6.30. The van der Waals surface area contributed by atoms with E-state index in [1.807, 2.05) is 12.1 Å². The molecule has 1 aliphatic rings. The number of benzene rings is 1. The molecular weight excluding hydrogens is 330 g/mol. The molecule has 1 fully saturated rings. The molecule has 124 valence electrons. The minimum Gasteiger partial charge on any atom is -0.342 e. The number of aromatic nitrogens is 2. The van der Waals surface area contributed by atoms with E-state index in [1.165, 1.54) is 12.4 Å². The van der Waals surface area contributed by atoms with Gasteiger partial charge in [-0.15, -0.1) is 0 Å². The summed E-state index contributed by atoms with van der Waals surface area (Å²) in [6.45, 7) is 2.08. The molecule has 0 unspecified atom stereocenters. The molecule has 1 aromatic heterocycles. The summed E-state index contributed by atoms with van der Waals surface area (Å²) in [7, 11) is 0. The van der Waals surface area contributed by atoms with Crippen molar-refractivity contribution in [2.75, 3.05) is 31.5 Å². The second-order valence-electron chi connectivity index (χ2n) is 5.36. The number of anilines is 2. The van der Waals surface area contributed by atoms with E-state index in [2.05, 4.69) is 15.3 Å². The average molecular weight is 346 g/mol. The molecule has 1 N–H and O–H groups in total. The molecule has 24 heavy (non-hydrogen) atoms. The molecule has 0 spiro atoms.